The summed E-state index contributed by atoms with van der Waals surface area (Å²) in [6, 6.07) is 4.84. The van der Waals surface area contributed by atoms with E-state index in [1.165, 1.54) is 12.1 Å². The van der Waals surface area contributed by atoms with E-state index in [1.54, 1.807) is 10.7 Å². The first-order chi connectivity index (χ1) is 12.6. The van der Waals surface area contributed by atoms with Crippen LogP contribution in [0.3, 0.4) is 0 Å². The van der Waals surface area contributed by atoms with Crippen molar-refractivity contribution in [2.45, 2.75) is 20.4 Å². The van der Waals surface area contributed by atoms with E-state index in [2.05, 4.69) is 20.1 Å². The first kappa shape index (κ1) is 14.9. The highest BCUT2D eigenvalue weighted by Crippen LogP contribution is 2.32. The number of imidazole rings is 1. The molecule has 6 nitrogen and oxygen atoms in total. The molecular formula is C19H15FN6. The Hall–Kier alpha value is -3.35. The number of fused-ring (bicyclic) bond motifs is 4. The molecule has 0 saturated carbocycles. The summed E-state index contributed by atoms with van der Waals surface area (Å²) in [6.07, 6.45) is 7.44. The predicted octanol–water partition coefficient (Wildman–Crippen LogP) is 3.28. The van der Waals surface area contributed by atoms with E-state index in [9.17, 15) is 4.39 Å². The topological polar surface area (TPSA) is 60.9 Å². The quantitative estimate of drug-likeness (QED) is 0.492. The molecule has 1 aliphatic rings. The van der Waals surface area contributed by atoms with Crippen LogP contribution in [0.25, 0.3) is 29.2 Å². The lowest BCUT2D eigenvalue weighted by Crippen LogP contribution is -1.97. The van der Waals surface area contributed by atoms with Gasteiger partial charge < -0.3 is 4.57 Å². The summed E-state index contributed by atoms with van der Waals surface area (Å²) in [5, 5.41) is 4.49. The highest BCUT2D eigenvalue weighted by Gasteiger charge is 2.20. The van der Waals surface area contributed by atoms with Gasteiger partial charge in [-0.05, 0) is 43.7 Å². The maximum absolute atomic E-state index is 13.5. The molecule has 4 aromatic rings. The van der Waals surface area contributed by atoms with Crippen molar-refractivity contribution in [3.8, 4) is 11.4 Å². The minimum Gasteiger partial charge on any atom is -0.326 e. The average Bonchev–Trinajstić information content (AvgIpc) is 3.29. The van der Waals surface area contributed by atoms with Gasteiger partial charge in [-0.2, -0.15) is 0 Å². The second-order valence-electron chi connectivity index (χ2n) is 6.44. The summed E-state index contributed by atoms with van der Waals surface area (Å²) in [5.74, 6) is 1.15. The van der Waals surface area contributed by atoms with Gasteiger partial charge in [0.05, 0.1) is 17.1 Å². The van der Waals surface area contributed by atoms with E-state index in [4.69, 9.17) is 0 Å². The van der Waals surface area contributed by atoms with Gasteiger partial charge in [-0.25, -0.2) is 18.9 Å². The maximum Gasteiger partial charge on any atom is 0.177 e. The van der Waals surface area contributed by atoms with E-state index < -0.39 is 0 Å². The molecule has 0 atom stereocenters. The van der Waals surface area contributed by atoms with Crippen molar-refractivity contribution in [2.75, 3.05) is 0 Å². The van der Waals surface area contributed by atoms with Crippen molar-refractivity contribution in [1.82, 2.24) is 29.1 Å². The van der Waals surface area contributed by atoms with Gasteiger partial charge in [-0.1, -0.05) is 6.07 Å². The summed E-state index contributed by atoms with van der Waals surface area (Å²) in [6.45, 7) is 4.56. The van der Waals surface area contributed by atoms with Crippen LogP contribution in [0.5, 0.6) is 0 Å². The Morgan fingerprint density at radius 1 is 1.15 bits per heavy atom. The fraction of sp³-hybridized carbons (Fsp3) is 0.158. The molecule has 0 bridgehead atoms. The van der Waals surface area contributed by atoms with Crippen LogP contribution in [0.4, 0.5) is 4.39 Å². The van der Waals surface area contributed by atoms with Crippen LogP contribution < -0.4 is 0 Å². The molecule has 7 heteroatoms. The van der Waals surface area contributed by atoms with Gasteiger partial charge >= 0.3 is 0 Å². The smallest absolute Gasteiger partial charge is 0.177 e. The van der Waals surface area contributed by atoms with Crippen LogP contribution in [-0.2, 0) is 6.54 Å². The van der Waals surface area contributed by atoms with Gasteiger partial charge in [0, 0.05) is 24.5 Å². The van der Waals surface area contributed by atoms with Gasteiger partial charge in [0.2, 0.25) is 0 Å². The molecule has 0 amide bonds. The Labute approximate surface area is 148 Å². The second-order valence-corrected chi connectivity index (χ2v) is 6.44. The fourth-order valence-corrected chi connectivity index (χ4v) is 3.27. The molecule has 3 aromatic heterocycles. The molecule has 0 N–H and O–H groups in total. The van der Waals surface area contributed by atoms with Crippen molar-refractivity contribution >= 4 is 17.8 Å². The molecule has 0 spiro atoms. The van der Waals surface area contributed by atoms with Crippen molar-refractivity contribution in [1.29, 1.82) is 0 Å². The van der Waals surface area contributed by atoms with Gasteiger partial charge in [0.25, 0.3) is 0 Å². The Kier molecular flexibility index (Phi) is 3.06. The first-order valence-electron chi connectivity index (χ1n) is 8.31. The molecule has 26 heavy (non-hydrogen) atoms. The molecule has 4 heterocycles. The lowest BCUT2D eigenvalue weighted by molar-refractivity contribution is 0.628. The summed E-state index contributed by atoms with van der Waals surface area (Å²) < 4.78 is 17.3. The Bertz CT molecular complexity index is 1160. The van der Waals surface area contributed by atoms with E-state index in [0.717, 1.165) is 39.7 Å². The minimum atomic E-state index is -0.245. The van der Waals surface area contributed by atoms with E-state index in [-0.39, 0.29) is 5.82 Å². The molecule has 0 unspecified atom stereocenters. The zero-order valence-electron chi connectivity index (χ0n) is 14.3. The largest absolute Gasteiger partial charge is 0.326 e. The highest BCUT2D eigenvalue weighted by molar-refractivity contribution is 5.70. The van der Waals surface area contributed by atoms with Crippen LogP contribution >= 0.6 is 0 Å². The Morgan fingerprint density at radius 3 is 2.88 bits per heavy atom. The van der Waals surface area contributed by atoms with Crippen molar-refractivity contribution in [3.63, 3.8) is 0 Å². The van der Waals surface area contributed by atoms with Gasteiger partial charge in [-0.3, -0.25) is 4.98 Å². The van der Waals surface area contributed by atoms with Crippen LogP contribution in [0.15, 0.2) is 30.6 Å². The SMILES string of the molecule is Cc1ncc(C)n2nc(/C=C/c3cn4c(n3)-c3cc(F)ccc3C4)nc12. The Balaban J connectivity index is 1.49. The van der Waals surface area contributed by atoms with Crippen LogP contribution in [0.1, 0.15) is 28.5 Å². The summed E-state index contributed by atoms with van der Waals surface area (Å²) in [7, 11) is 0. The molecule has 1 aliphatic heterocycles. The molecular weight excluding hydrogens is 331 g/mol. The summed E-state index contributed by atoms with van der Waals surface area (Å²) in [4.78, 5) is 13.4. The fourth-order valence-electron chi connectivity index (χ4n) is 3.27. The summed E-state index contributed by atoms with van der Waals surface area (Å²) >= 11 is 0. The number of aryl methyl sites for hydroxylation is 2. The number of hydrogen-bond donors (Lipinski definition) is 0. The predicted molar refractivity (Wildman–Crippen MR) is 95.9 cm³/mol. The number of aromatic nitrogens is 6. The van der Waals surface area contributed by atoms with Gasteiger partial charge in [-0.15, -0.1) is 5.10 Å². The zero-order valence-corrected chi connectivity index (χ0v) is 14.3. The zero-order chi connectivity index (χ0) is 17.8. The number of halogens is 1. The van der Waals surface area contributed by atoms with Gasteiger partial charge in [0.1, 0.15) is 11.6 Å². The second kappa shape index (κ2) is 5.32. The average molecular weight is 346 g/mol. The molecule has 1 aromatic carbocycles. The van der Waals surface area contributed by atoms with Crippen molar-refractivity contribution in [2.24, 2.45) is 0 Å². The molecule has 0 aliphatic carbocycles. The third kappa shape index (κ3) is 2.24. The number of rotatable bonds is 2. The van der Waals surface area contributed by atoms with E-state index in [1.807, 2.05) is 42.8 Å². The molecule has 5 rings (SSSR count). The van der Waals surface area contributed by atoms with Crippen molar-refractivity contribution < 1.29 is 4.39 Å². The molecule has 0 fully saturated rings. The normalized spacial score (nSPS) is 12.9. The van der Waals surface area contributed by atoms with Crippen LogP contribution in [-0.4, -0.2) is 29.1 Å². The van der Waals surface area contributed by atoms with Gasteiger partial charge in [0.15, 0.2) is 11.5 Å². The third-order valence-corrected chi connectivity index (χ3v) is 4.58. The number of hydrogen-bond acceptors (Lipinski definition) is 4. The lowest BCUT2D eigenvalue weighted by atomic mass is 10.1. The molecule has 128 valence electrons. The Morgan fingerprint density at radius 2 is 2.04 bits per heavy atom. The standard InChI is InChI=1S/C19H15FN6/c1-11-8-21-12(2)18-23-17(24-26(11)18)6-5-15-10-25-9-13-3-4-14(20)7-16(13)19(25)22-15/h3-8,10H,9H2,1-2H3/b6-5+. The molecule has 0 saturated heterocycles. The van der Waals surface area contributed by atoms with E-state index in [0.29, 0.717) is 12.4 Å². The highest BCUT2D eigenvalue weighted by atomic mass is 19.1. The maximum atomic E-state index is 13.5. The van der Waals surface area contributed by atoms with Crippen LogP contribution in [0.2, 0.25) is 0 Å². The minimum absolute atomic E-state index is 0.245. The van der Waals surface area contributed by atoms with E-state index >= 15 is 0 Å². The number of benzene rings is 1. The summed E-state index contributed by atoms with van der Waals surface area (Å²) in [5.41, 5.74) is 5.25. The van der Waals surface area contributed by atoms with Crippen molar-refractivity contribution in [3.05, 3.63) is 64.9 Å². The number of nitrogens with zero attached hydrogens (tertiary/aromatic N) is 6. The monoisotopic (exact) mass is 346 g/mol. The lowest BCUT2D eigenvalue weighted by Gasteiger charge is -1.97. The third-order valence-electron chi connectivity index (χ3n) is 4.58. The van der Waals surface area contributed by atoms with Crippen LogP contribution in [0, 0.1) is 19.7 Å². The first-order valence-corrected chi connectivity index (χ1v) is 8.31. The molecule has 0 radical (unpaired) electrons.